The first-order valence-electron chi connectivity index (χ1n) is 6.36. The molecule has 0 saturated carbocycles. The molecule has 2 aromatic heterocycles. The van der Waals surface area contributed by atoms with Crippen LogP contribution in [0.2, 0.25) is 0 Å². The summed E-state index contributed by atoms with van der Waals surface area (Å²) in [6.45, 7) is 4.15. The van der Waals surface area contributed by atoms with Gasteiger partial charge in [-0.2, -0.15) is 4.98 Å². The lowest BCUT2D eigenvalue weighted by atomic mass is 10.2. The number of fused-ring (bicyclic) bond motifs is 1. The van der Waals surface area contributed by atoms with Crippen molar-refractivity contribution >= 4 is 11.7 Å². The average Bonchev–Trinajstić information content (AvgIpc) is 2.91. The second kappa shape index (κ2) is 4.92. The normalized spacial score (nSPS) is 14.3. The van der Waals surface area contributed by atoms with E-state index in [4.69, 9.17) is 9.26 Å². The molecule has 0 fully saturated rings. The highest BCUT2D eigenvalue weighted by atomic mass is 16.5. The van der Waals surface area contributed by atoms with E-state index in [2.05, 4.69) is 15.1 Å². The first-order valence-corrected chi connectivity index (χ1v) is 6.36. The van der Waals surface area contributed by atoms with Crippen LogP contribution in [0.1, 0.15) is 31.5 Å². The van der Waals surface area contributed by atoms with Crippen molar-refractivity contribution < 1.29 is 14.1 Å². The molecule has 0 radical (unpaired) electrons. The fourth-order valence-corrected chi connectivity index (χ4v) is 1.90. The third kappa shape index (κ3) is 2.22. The van der Waals surface area contributed by atoms with Gasteiger partial charge in [0.2, 0.25) is 5.89 Å². The molecule has 7 heteroatoms. The minimum atomic E-state index is -0.174. The second-order valence-corrected chi connectivity index (χ2v) is 4.80. The Labute approximate surface area is 115 Å². The van der Waals surface area contributed by atoms with Crippen LogP contribution in [-0.4, -0.2) is 27.6 Å². The van der Waals surface area contributed by atoms with Crippen LogP contribution in [0.4, 0.5) is 5.82 Å². The van der Waals surface area contributed by atoms with E-state index in [-0.39, 0.29) is 25.0 Å². The van der Waals surface area contributed by atoms with Gasteiger partial charge in [0.1, 0.15) is 0 Å². The molecule has 0 saturated heterocycles. The maximum absolute atomic E-state index is 12.0. The molecule has 3 rings (SSSR count). The zero-order chi connectivity index (χ0) is 14.1. The van der Waals surface area contributed by atoms with Crippen molar-refractivity contribution in [1.82, 2.24) is 15.1 Å². The lowest BCUT2D eigenvalue weighted by Crippen LogP contribution is -2.39. The van der Waals surface area contributed by atoms with Gasteiger partial charge in [-0.05, 0) is 12.1 Å². The van der Waals surface area contributed by atoms with Crippen LogP contribution < -0.4 is 9.64 Å². The van der Waals surface area contributed by atoms with Gasteiger partial charge in [0.25, 0.3) is 5.91 Å². The molecule has 1 aliphatic rings. The van der Waals surface area contributed by atoms with Gasteiger partial charge >= 0.3 is 0 Å². The number of rotatable bonds is 3. The van der Waals surface area contributed by atoms with Gasteiger partial charge in [0, 0.05) is 12.1 Å². The summed E-state index contributed by atoms with van der Waals surface area (Å²) in [5.74, 6) is 2.07. The van der Waals surface area contributed by atoms with Gasteiger partial charge in [-0.25, -0.2) is 4.98 Å². The molecular weight excluding hydrogens is 260 g/mol. The number of hydrogen-bond donors (Lipinski definition) is 0. The maximum atomic E-state index is 12.0. The monoisotopic (exact) mass is 274 g/mol. The summed E-state index contributed by atoms with van der Waals surface area (Å²) in [5.41, 5.74) is 0. The molecule has 1 amide bonds. The van der Waals surface area contributed by atoms with E-state index in [1.54, 1.807) is 18.3 Å². The van der Waals surface area contributed by atoms with Crippen LogP contribution in [0.3, 0.4) is 0 Å². The summed E-state index contributed by atoms with van der Waals surface area (Å²) >= 11 is 0. The summed E-state index contributed by atoms with van der Waals surface area (Å²) in [7, 11) is 0. The fourth-order valence-electron chi connectivity index (χ4n) is 1.90. The topological polar surface area (TPSA) is 81.4 Å². The Bertz CT molecular complexity index is 638. The Kier molecular flexibility index (Phi) is 3.09. The predicted octanol–water partition coefficient (Wildman–Crippen LogP) is 1.51. The van der Waals surface area contributed by atoms with E-state index in [0.29, 0.717) is 23.3 Å². The lowest BCUT2D eigenvalue weighted by molar-refractivity contribution is -0.121. The van der Waals surface area contributed by atoms with Crippen LogP contribution in [0.15, 0.2) is 22.9 Å². The number of nitrogens with zero attached hydrogens (tertiary/aromatic N) is 4. The van der Waals surface area contributed by atoms with Crippen LogP contribution in [-0.2, 0) is 11.3 Å². The van der Waals surface area contributed by atoms with E-state index in [0.717, 1.165) is 0 Å². The van der Waals surface area contributed by atoms with Crippen molar-refractivity contribution in [2.24, 2.45) is 0 Å². The number of anilines is 1. The molecule has 0 aromatic carbocycles. The van der Waals surface area contributed by atoms with Crippen molar-refractivity contribution in [1.29, 1.82) is 0 Å². The molecule has 0 unspecified atom stereocenters. The lowest BCUT2D eigenvalue weighted by Gasteiger charge is -2.26. The zero-order valence-corrected chi connectivity index (χ0v) is 11.2. The van der Waals surface area contributed by atoms with E-state index in [1.165, 1.54) is 4.90 Å². The zero-order valence-electron chi connectivity index (χ0n) is 11.2. The van der Waals surface area contributed by atoms with Crippen LogP contribution >= 0.6 is 0 Å². The number of aromatic nitrogens is 3. The maximum Gasteiger partial charge on any atom is 0.266 e. The first kappa shape index (κ1) is 12.6. The van der Waals surface area contributed by atoms with E-state index >= 15 is 0 Å². The summed E-state index contributed by atoms with van der Waals surface area (Å²) < 4.78 is 10.5. The molecule has 104 valence electrons. The number of ether oxygens (including phenoxy) is 1. The summed E-state index contributed by atoms with van der Waals surface area (Å²) in [6, 6.07) is 3.54. The molecule has 20 heavy (non-hydrogen) atoms. The highest BCUT2D eigenvalue weighted by Gasteiger charge is 2.28. The second-order valence-electron chi connectivity index (χ2n) is 4.80. The average molecular weight is 274 g/mol. The summed E-state index contributed by atoms with van der Waals surface area (Å²) in [5, 5.41) is 3.89. The van der Waals surface area contributed by atoms with Crippen LogP contribution in [0, 0.1) is 0 Å². The van der Waals surface area contributed by atoms with Crippen molar-refractivity contribution in [3.05, 3.63) is 30.0 Å². The molecule has 7 nitrogen and oxygen atoms in total. The number of amides is 1. The largest absolute Gasteiger partial charge is 0.480 e. The third-order valence-corrected chi connectivity index (χ3v) is 2.94. The molecule has 0 atom stereocenters. The number of carbonyl (C=O) groups is 1. The number of pyridine rings is 1. The van der Waals surface area contributed by atoms with Gasteiger partial charge in [-0.3, -0.25) is 9.69 Å². The van der Waals surface area contributed by atoms with Gasteiger partial charge < -0.3 is 9.26 Å². The van der Waals surface area contributed by atoms with Crippen molar-refractivity contribution in [2.75, 3.05) is 11.5 Å². The highest BCUT2D eigenvalue weighted by molar-refractivity contribution is 5.96. The summed E-state index contributed by atoms with van der Waals surface area (Å²) in [6.07, 6.45) is 1.61. The van der Waals surface area contributed by atoms with Crippen molar-refractivity contribution in [3.8, 4) is 5.75 Å². The van der Waals surface area contributed by atoms with Crippen LogP contribution in [0.5, 0.6) is 5.75 Å². The Morgan fingerprint density at radius 2 is 2.30 bits per heavy atom. The van der Waals surface area contributed by atoms with Crippen LogP contribution in [0.25, 0.3) is 0 Å². The highest BCUT2D eigenvalue weighted by Crippen LogP contribution is 2.29. The third-order valence-electron chi connectivity index (χ3n) is 2.94. The minimum Gasteiger partial charge on any atom is -0.480 e. The standard InChI is InChI=1S/C13H14N4O3/c1-8(2)13-15-10(16-20-13)6-17-11(18)7-19-9-4-3-5-14-12(9)17/h3-5,8H,6-7H2,1-2H3. The first-order chi connectivity index (χ1) is 9.65. The molecule has 0 spiro atoms. The molecule has 0 bridgehead atoms. The number of carbonyl (C=O) groups excluding carboxylic acids is 1. The van der Waals surface area contributed by atoms with Gasteiger partial charge in [-0.15, -0.1) is 0 Å². The Balaban J connectivity index is 1.87. The van der Waals surface area contributed by atoms with Crippen molar-refractivity contribution in [3.63, 3.8) is 0 Å². The molecule has 0 aliphatic carbocycles. The van der Waals surface area contributed by atoms with Gasteiger partial charge in [0.15, 0.2) is 24.0 Å². The molecule has 3 heterocycles. The molecule has 0 N–H and O–H groups in total. The Morgan fingerprint density at radius 3 is 3.05 bits per heavy atom. The fraction of sp³-hybridized carbons (Fsp3) is 0.385. The number of hydrogen-bond acceptors (Lipinski definition) is 6. The quantitative estimate of drug-likeness (QED) is 0.844. The van der Waals surface area contributed by atoms with E-state index < -0.39 is 0 Å². The Hall–Kier alpha value is -2.44. The van der Waals surface area contributed by atoms with Gasteiger partial charge in [0.05, 0.1) is 6.54 Å². The van der Waals surface area contributed by atoms with E-state index in [1.807, 2.05) is 13.8 Å². The molecule has 2 aromatic rings. The Morgan fingerprint density at radius 1 is 1.45 bits per heavy atom. The van der Waals surface area contributed by atoms with Crippen molar-refractivity contribution in [2.45, 2.75) is 26.3 Å². The summed E-state index contributed by atoms with van der Waals surface area (Å²) in [4.78, 5) is 21.9. The van der Waals surface area contributed by atoms with Gasteiger partial charge in [-0.1, -0.05) is 19.0 Å². The van der Waals surface area contributed by atoms with E-state index in [9.17, 15) is 4.79 Å². The smallest absolute Gasteiger partial charge is 0.266 e. The predicted molar refractivity (Wildman–Crippen MR) is 69.3 cm³/mol. The molecular formula is C13H14N4O3. The minimum absolute atomic E-state index is 0.00637. The SMILES string of the molecule is CC(C)c1nc(CN2C(=O)COc3cccnc32)no1. The molecule has 1 aliphatic heterocycles.